The van der Waals surface area contributed by atoms with E-state index in [1.807, 2.05) is 27.7 Å². The number of thiol groups is 1. The first-order valence-corrected chi connectivity index (χ1v) is 29.9. The number of hydroxylamine groups is 2. The first-order chi connectivity index (χ1) is 43.2. The zero-order valence-electron chi connectivity index (χ0n) is 57.9. The number of amides is 3. The Kier molecular flexibility index (Phi) is 222. The number of carbonyl (C=O) groups excluding carboxylic acids is 8. The molecule has 0 spiro atoms. The van der Waals surface area contributed by atoms with E-state index >= 15 is 0 Å². The number of nitrogens with one attached hydrogen (secondary N) is 2. The van der Waals surface area contributed by atoms with E-state index in [4.69, 9.17) is 119 Å². The van der Waals surface area contributed by atoms with Gasteiger partial charge >= 0.3 is 151 Å². The largest absolute Gasteiger partial charge is 1.00 e. The third-order valence-electron chi connectivity index (χ3n) is 4.70. The van der Waals surface area contributed by atoms with Crippen LogP contribution in [0.3, 0.4) is 0 Å². The summed E-state index contributed by atoms with van der Waals surface area (Å²) in [7, 11) is -1.51. The third kappa shape index (κ3) is 229. The van der Waals surface area contributed by atoms with Gasteiger partial charge in [0.05, 0.1) is 38.2 Å². The van der Waals surface area contributed by atoms with Crippen LogP contribution in [0.15, 0.2) is 4.36 Å². The molecule has 0 aromatic rings. The van der Waals surface area contributed by atoms with Crippen molar-refractivity contribution in [2.75, 3.05) is 110 Å². The molecule has 2 aliphatic rings. The maximum Gasteiger partial charge on any atom is 1.00 e. The number of imide groups is 1. The number of aldehydes is 1. The van der Waals surface area contributed by atoms with Gasteiger partial charge in [0.15, 0.2) is 0 Å². The number of ketones is 1. The van der Waals surface area contributed by atoms with Gasteiger partial charge in [-0.1, -0.05) is 89.1 Å². The average Bonchev–Trinajstić information content (AvgIpc) is 1.47. The SMILES string of the molecule is C#CC.C#CCN.C#CCN.C#CCOCC1CO1.C#CCOCCN.CC(=O)F.CC(=O)O.CC(=O)O.CC=O.CCCl.CCN.CCN.CCNC(=O)CBr.COP(=O)(OC)C(=[N+]=[N-])C(C)=O.O=C(CBr)ON1C(=O)CCC1=O.O=CO[O-].S=NCNS.[C-]#C.[H-].[K+].[K+].[Na+]. The van der Waals surface area contributed by atoms with Gasteiger partial charge in [0.2, 0.25) is 11.7 Å². The Labute approximate surface area is 702 Å². The summed E-state index contributed by atoms with van der Waals surface area (Å²) in [5, 5.41) is 26.8. The molecule has 1 unspecified atom stereocenters. The van der Waals surface area contributed by atoms with E-state index in [0.717, 1.165) is 73.8 Å². The summed E-state index contributed by atoms with van der Waals surface area (Å²) in [4.78, 5) is 107. The number of carboxylic acids is 2. The second kappa shape index (κ2) is 147. The molecule has 536 valence electrons. The Morgan fingerprint density at radius 1 is 0.895 bits per heavy atom. The molecule has 0 saturated carbocycles. The van der Waals surface area contributed by atoms with Crippen molar-refractivity contribution in [3.05, 3.63) is 12.0 Å². The molecule has 2 heterocycles. The summed E-state index contributed by atoms with van der Waals surface area (Å²) >= 11 is 18.6. The monoisotopic (exact) mass is 1630 g/mol. The van der Waals surface area contributed by atoms with Gasteiger partial charge in [-0.05, 0) is 33.9 Å². The minimum atomic E-state index is -3.70. The van der Waals surface area contributed by atoms with Crippen LogP contribution in [0.1, 0.15) is 83.5 Å². The molecule has 0 aromatic heterocycles. The van der Waals surface area contributed by atoms with Crippen molar-refractivity contribution in [1.29, 1.82) is 0 Å². The fraction of sp³-hybridized carbons (Fsp3) is 0.566. The summed E-state index contributed by atoms with van der Waals surface area (Å²) in [6.45, 7) is 21.3. The molecule has 32 nitrogen and oxygen atoms in total. The normalized spacial score (nSPS) is 9.39. The molecule has 2 rings (SSSR count). The van der Waals surface area contributed by atoms with Crippen LogP contribution in [0.5, 0.6) is 0 Å². The molecular formula is C53H95Br2ClFK2N11NaO21PS2. The molecule has 0 bridgehead atoms. The minimum absolute atomic E-state index is 0. The number of hydrogen-bond acceptors (Lipinski definition) is 28. The topological polar surface area (TPSA) is 525 Å². The average molecular weight is 1630 g/mol. The number of carbonyl (C=O) groups is 10. The first-order valence-electron chi connectivity index (χ1n) is 24.7. The molecular weight excluding hydrogens is 1540 g/mol. The maximum atomic E-state index is 11.4. The van der Waals surface area contributed by atoms with E-state index < -0.39 is 54.6 Å². The summed E-state index contributed by atoms with van der Waals surface area (Å²) in [6, 6.07) is -1.33. The van der Waals surface area contributed by atoms with Crippen LogP contribution >= 0.6 is 63.9 Å². The standard InChI is InChI=1S/C6H6BrNO4.C6H8O2.C5H9N2O4P.C5H9NO.C4H8BrNO.2C3H5N.C3H4.C2H5Cl.C2H3FO.2C2H7N.2C2H4O2.C2H4O.C2H.CH4N2S2.CH2O3.2K.Na.H/c7-3-6(11)12-8-4(9)1-2-5(8)10;1-2-3-7-4-6-5-8-6;1-4(8)5(7-6)12(9,10-2)11-3;1-2-4-7-5-3-6;1-2-6-4(7)3-5;2*1-2-3-4;1-3-2;1-2-3;1-2(3)4;2*1-2-3;2*1-2(3)4;1-2-3;1-2;4-2-1-3-5;2-1-4-3;;;;/h1-3H2;1,6H,3-5H2;1-3H3;1H,3-6H2;2-3H2,1H3,(H,6,7);2*1H,3-4H2;1H,2H3;2H2,1H3;1H3;2*2-3H2,1H3;2*1H3,(H,3,4);2H,1H3;1H;2,4H,1H2;1,3H;;;;/q;;;;;;;;;;;;;;;-1;;;3*+1;-1/p-1. The van der Waals surface area contributed by atoms with Crippen LogP contribution in [0, 0.1) is 74.6 Å². The van der Waals surface area contributed by atoms with Gasteiger partial charge in [0, 0.05) is 86.2 Å². The molecule has 42 heteroatoms. The number of rotatable bonds is 17. The number of Topliss-reactive ketones (excluding diaryl/α,β-unsaturated/α-hetero) is 1. The number of halogens is 4. The second-order valence-corrected chi connectivity index (χ2v) is 16.8. The molecule has 3 amide bonds. The van der Waals surface area contributed by atoms with Crippen molar-refractivity contribution >= 4 is 142 Å². The maximum absolute atomic E-state index is 11.4. The number of ether oxygens (including phenoxy) is 3. The van der Waals surface area contributed by atoms with Crippen LogP contribution in [-0.4, -0.2) is 202 Å². The smallest absolute Gasteiger partial charge is 1.00 e. The number of carboxylic acid groups (broad SMARTS) is 2. The zero-order chi connectivity index (χ0) is 76.6. The van der Waals surface area contributed by atoms with Crippen molar-refractivity contribution in [2.45, 2.75) is 88.2 Å². The number of nitrogens with two attached hydrogens (primary N) is 5. The number of alkyl halides is 3. The van der Waals surface area contributed by atoms with Gasteiger partial charge in [-0.15, -0.1) is 54.7 Å². The van der Waals surface area contributed by atoms with E-state index in [-0.39, 0.29) is 164 Å². The van der Waals surface area contributed by atoms with Crippen LogP contribution in [0.4, 0.5) is 4.39 Å². The van der Waals surface area contributed by atoms with Gasteiger partial charge in [-0.3, -0.25) is 38.4 Å². The zero-order valence-corrected chi connectivity index (χ0v) is 71.6. The van der Waals surface area contributed by atoms with Crippen LogP contribution in [0.25, 0.3) is 5.53 Å². The predicted octanol–water partition coefficient (Wildman–Crippen LogP) is -7.44. The molecule has 0 aromatic carbocycles. The van der Waals surface area contributed by atoms with Crippen molar-refractivity contribution in [3.63, 3.8) is 0 Å². The van der Waals surface area contributed by atoms with Crippen LogP contribution < -0.4 is 176 Å². The molecule has 0 aliphatic carbocycles. The quantitative estimate of drug-likeness (QED) is 0.00512. The van der Waals surface area contributed by atoms with Crippen molar-refractivity contribution in [3.8, 4) is 68.1 Å². The summed E-state index contributed by atoms with van der Waals surface area (Å²) in [5.74, 6) is 8.22. The molecule has 2 fully saturated rings. The van der Waals surface area contributed by atoms with Gasteiger partial charge in [0.1, 0.15) is 37.6 Å². The Morgan fingerprint density at radius 2 is 1.20 bits per heavy atom. The molecule has 0 radical (unpaired) electrons. The van der Waals surface area contributed by atoms with Crippen molar-refractivity contribution in [2.24, 2.45) is 33.0 Å². The fourth-order valence-corrected chi connectivity index (χ4v) is 3.77. The van der Waals surface area contributed by atoms with Crippen molar-refractivity contribution in [1.82, 2.24) is 15.1 Å². The third-order valence-corrected chi connectivity index (χ3v) is 7.82. The Hall–Kier alpha value is -2.19. The summed E-state index contributed by atoms with van der Waals surface area (Å²) in [5.41, 5.74) is 32.1. The molecule has 1 atom stereocenters. The van der Waals surface area contributed by atoms with Crippen molar-refractivity contribution < 1.29 is 244 Å². The number of epoxide rings is 1. The Bertz CT molecular complexity index is 2040. The number of aliphatic carboxylic acids is 2. The van der Waals surface area contributed by atoms with E-state index in [9.17, 15) is 32.9 Å². The minimum Gasteiger partial charge on any atom is -1.00 e. The second-order valence-electron chi connectivity index (χ2n) is 12.4. The summed E-state index contributed by atoms with van der Waals surface area (Å²) < 4.78 is 50.8. The predicted molar refractivity (Wildman–Crippen MR) is 362 cm³/mol. The molecule has 2 saturated heterocycles. The Balaban J connectivity index is -0.0000000362. The fourth-order valence-electron chi connectivity index (χ4n) is 2.25. The van der Waals surface area contributed by atoms with E-state index in [1.54, 1.807) is 6.92 Å². The molecule has 2 aliphatic heterocycles. The number of terminal acetylenes is 6. The number of nitrogens with zero attached hydrogens (tertiary/aromatic N) is 4. The van der Waals surface area contributed by atoms with E-state index in [2.05, 4.69) is 150 Å². The molecule has 95 heavy (non-hydrogen) atoms. The molecule has 14 N–H and O–H groups in total. The van der Waals surface area contributed by atoms with E-state index in [0.29, 0.717) is 75.8 Å². The van der Waals surface area contributed by atoms with Gasteiger partial charge in [-0.25, -0.2) is 18.4 Å². The number of hydrogen-bond donors (Lipinski definition) is 10. The van der Waals surface area contributed by atoms with Crippen LogP contribution in [-0.2, 0) is 97.9 Å². The van der Waals surface area contributed by atoms with Crippen LogP contribution in [0.2, 0.25) is 0 Å². The van der Waals surface area contributed by atoms with Gasteiger partial charge in [-0.2, -0.15) is 9.18 Å². The van der Waals surface area contributed by atoms with Gasteiger partial charge < -0.3 is 107 Å². The Morgan fingerprint density at radius 3 is 1.35 bits per heavy atom. The summed E-state index contributed by atoms with van der Waals surface area (Å²) in [6.07, 6.45) is 34.0. The van der Waals surface area contributed by atoms with Gasteiger partial charge in [0.25, 0.3) is 36.3 Å². The first kappa shape index (κ1) is 144. The van der Waals surface area contributed by atoms with E-state index in [1.165, 1.54) is 6.92 Å².